The molecule has 0 saturated carbocycles. The molecule has 0 heterocycles. The van der Waals surface area contributed by atoms with Crippen LogP contribution in [0.5, 0.6) is 0 Å². The summed E-state index contributed by atoms with van der Waals surface area (Å²) in [5.41, 5.74) is 0. The molecule has 0 spiro atoms. The van der Waals surface area contributed by atoms with Crippen LogP contribution in [0.2, 0.25) is 0 Å². The van der Waals surface area contributed by atoms with Gasteiger partial charge in [0.05, 0.1) is 5.92 Å². The zero-order valence-electron chi connectivity index (χ0n) is 5.27. The van der Waals surface area contributed by atoms with E-state index in [2.05, 4.69) is 12.6 Å². The Labute approximate surface area is 62.0 Å². The van der Waals surface area contributed by atoms with Crippen LogP contribution in [0.1, 0.15) is 13.3 Å². The van der Waals surface area contributed by atoms with Crippen molar-refractivity contribution >= 4 is 17.7 Å². The van der Waals surface area contributed by atoms with E-state index in [0.717, 1.165) is 6.92 Å². The first-order valence-corrected chi connectivity index (χ1v) is 3.07. The maximum atomic E-state index is 11.6. The molecule has 0 aliphatic heterocycles. The highest BCUT2D eigenvalue weighted by atomic mass is 32.1. The first kappa shape index (κ1) is 9.81. The Morgan fingerprint density at radius 2 is 2.00 bits per heavy atom. The summed E-state index contributed by atoms with van der Waals surface area (Å²) in [6, 6.07) is 0. The molecule has 10 heavy (non-hydrogen) atoms. The van der Waals surface area contributed by atoms with Crippen molar-refractivity contribution in [3.05, 3.63) is 0 Å². The summed E-state index contributed by atoms with van der Waals surface area (Å²) >= 11 is 3.23. The van der Waals surface area contributed by atoms with Crippen LogP contribution >= 0.6 is 12.6 Å². The normalized spacial score (nSPS) is 14.9. The summed E-state index contributed by atoms with van der Waals surface area (Å²) < 4.78 is 34.9. The van der Waals surface area contributed by atoms with Crippen LogP contribution < -0.4 is 0 Å². The molecule has 1 unspecified atom stereocenters. The Morgan fingerprint density at radius 1 is 1.60 bits per heavy atom. The lowest BCUT2D eigenvalue weighted by molar-refractivity contribution is -0.172. The summed E-state index contributed by atoms with van der Waals surface area (Å²) in [6.07, 6.45) is -4.83. The topological polar surface area (TPSA) is 17.1 Å². The molecular formula is C5H7F3OS. The average molecular weight is 172 g/mol. The van der Waals surface area contributed by atoms with E-state index in [4.69, 9.17) is 0 Å². The molecule has 0 aromatic rings. The fourth-order valence-corrected chi connectivity index (χ4v) is 0.652. The van der Waals surface area contributed by atoms with Crippen molar-refractivity contribution in [3.63, 3.8) is 0 Å². The number of rotatable bonds is 2. The predicted molar refractivity (Wildman–Crippen MR) is 33.8 cm³/mol. The molecule has 0 rings (SSSR count). The summed E-state index contributed by atoms with van der Waals surface area (Å²) in [5, 5.41) is -0.732. The van der Waals surface area contributed by atoms with Crippen LogP contribution in [-0.2, 0) is 4.79 Å². The molecule has 0 N–H and O–H groups in total. The molecule has 0 bridgehead atoms. The van der Waals surface area contributed by atoms with Gasteiger partial charge in [-0.15, -0.1) is 12.6 Å². The van der Waals surface area contributed by atoms with E-state index in [-0.39, 0.29) is 0 Å². The van der Waals surface area contributed by atoms with Gasteiger partial charge in [-0.3, -0.25) is 4.79 Å². The molecule has 60 valence electrons. The molecule has 1 atom stereocenters. The Morgan fingerprint density at radius 3 is 2.10 bits per heavy atom. The number of thiol groups is 1. The largest absolute Gasteiger partial charge is 0.392 e. The van der Waals surface area contributed by atoms with Crippen LogP contribution in [0.15, 0.2) is 0 Å². The van der Waals surface area contributed by atoms with Gasteiger partial charge in [0.2, 0.25) is 0 Å². The lowest BCUT2D eigenvalue weighted by Gasteiger charge is -2.12. The van der Waals surface area contributed by atoms with E-state index in [1.54, 1.807) is 0 Å². The Balaban J connectivity index is 3.85. The van der Waals surface area contributed by atoms with Gasteiger partial charge in [-0.05, 0) is 0 Å². The zero-order chi connectivity index (χ0) is 8.36. The third-order valence-electron chi connectivity index (χ3n) is 1.04. The van der Waals surface area contributed by atoms with Gasteiger partial charge >= 0.3 is 6.18 Å². The second-order valence-electron chi connectivity index (χ2n) is 2.04. The highest BCUT2D eigenvalue weighted by Crippen LogP contribution is 2.28. The van der Waals surface area contributed by atoms with Crippen LogP contribution in [-0.4, -0.2) is 11.3 Å². The number of carbonyl (C=O) groups is 1. The minimum Gasteiger partial charge on any atom is -0.287 e. The standard InChI is InChI=1S/C5H7F3OS/c1-3(2-4(9)10)5(6,7)8/h3H,2H2,1H3,(H,9,10). The fourth-order valence-electron chi connectivity index (χ4n) is 0.378. The van der Waals surface area contributed by atoms with Gasteiger partial charge in [-0.1, -0.05) is 6.92 Å². The van der Waals surface area contributed by atoms with Crippen LogP contribution in [0.25, 0.3) is 0 Å². The molecule has 1 nitrogen and oxygen atoms in total. The van der Waals surface area contributed by atoms with Crippen molar-refractivity contribution in [1.82, 2.24) is 0 Å². The van der Waals surface area contributed by atoms with Gasteiger partial charge in [0.1, 0.15) is 0 Å². The smallest absolute Gasteiger partial charge is 0.287 e. The highest BCUT2D eigenvalue weighted by molar-refractivity contribution is 7.96. The van der Waals surface area contributed by atoms with Crippen molar-refractivity contribution in [3.8, 4) is 0 Å². The number of halogens is 3. The molecule has 0 saturated heterocycles. The second-order valence-corrected chi connectivity index (χ2v) is 2.54. The number of carbonyl (C=O) groups excluding carboxylic acids is 1. The third kappa shape index (κ3) is 3.76. The number of hydrogen-bond donors (Lipinski definition) is 1. The van der Waals surface area contributed by atoms with Gasteiger partial charge in [0, 0.05) is 6.42 Å². The first-order valence-electron chi connectivity index (χ1n) is 2.62. The monoisotopic (exact) mass is 172 g/mol. The van der Waals surface area contributed by atoms with Gasteiger partial charge in [0.15, 0.2) is 5.12 Å². The van der Waals surface area contributed by atoms with Crippen LogP contribution in [0, 0.1) is 5.92 Å². The van der Waals surface area contributed by atoms with Crippen LogP contribution in [0.4, 0.5) is 13.2 Å². The van der Waals surface area contributed by atoms with E-state index in [1.165, 1.54) is 0 Å². The molecular weight excluding hydrogens is 165 g/mol. The molecule has 0 aliphatic carbocycles. The van der Waals surface area contributed by atoms with Crippen molar-refractivity contribution in [2.45, 2.75) is 19.5 Å². The SMILES string of the molecule is CC(CC(=O)S)C(F)(F)F. The Bertz CT molecular complexity index is 131. The Kier molecular flexibility index (Phi) is 3.21. The minimum atomic E-state index is -4.28. The van der Waals surface area contributed by atoms with E-state index in [1.807, 2.05) is 0 Å². The van der Waals surface area contributed by atoms with E-state index in [0.29, 0.717) is 0 Å². The Hall–Kier alpha value is -0.190. The lowest BCUT2D eigenvalue weighted by Crippen LogP contribution is -2.21. The number of hydrogen-bond acceptors (Lipinski definition) is 1. The molecule has 0 amide bonds. The quantitative estimate of drug-likeness (QED) is 0.630. The van der Waals surface area contributed by atoms with Gasteiger partial charge in [0.25, 0.3) is 0 Å². The molecule has 0 aromatic carbocycles. The highest BCUT2D eigenvalue weighted by Gasteiger charge is 2.36. The van der Waals surface area contributed by atoms with E-state index >= 15 is 0 Å². The van der Waals surface area contributed by atoms with Crippen molar-refractivity contribution < 1.29 is 18.0 Å². The molecule has 0 aromatic heterocycles. The minimum absolute atomic E-state index is 0.549. The third-order valence-corrected chi connectivity index (χ3v) is 1.22. The second kappa shape index (κ2) is 3.27. The predicted octanol–water partition coefficient (Wildman–Crippen LogP) is 2.03. The molecule has 5 heteroatoms. The summed E-state index contributed by atoms with van der Waals surface area (Å²) in [7, 11) is 0. The summed E-state index contributed by atoms with van der Waals surface area (Å²) in [4.78, 5) is 10.1. The molecule has 0 radical (unpaired) electrons. The van der Waals surface area contributed by atoms with Gasteiger partial charge < -0.3 is 0 Å². The van der Waals surface area contributed by atoms with E-state index < -0.39 is 23.6 Å². The van der Waals surface area contributed by atoms with Gasteiger partial charge in [-0.2, -0.15) is 13.2 Å². The average Bonchev–Trinajstić information content (AvgIpc) is 1.60. The number of alkyl halides is 3. The fraction of sp³-hybridized carbons (Fsp3) is 0.800. The molecule has 0 aliphatic rings. The van der Waals surface area contributed by atoms with Crippen molar-refractivity contribution in [2.24, 2.45) is 5.92 Å². The van der Waals surface area contributed by atoms with Gasteiger partial charge in [-0.25, -0.2) is 0 Å². The van der Waals surface area contributed by atoms with E-state index in [9.17, 15) is 18.0 Å². The maximum absolute atomic E-state index is 11.6. The van der Waals surface area contributed by atoms with Crippen molar-refractivity contribution in [1.29, 1.82) is 0 Å². The lowest BCUT2D eigenvalue weighted by atomic mass is 10.1. The van der Waals surface area contributed by atoms with Crippen LogP contribution in [0.3, 0.4) is 0 Å². The molecule has 0 fully saturated rings. The zero-order valence-corrected chi connectivity index (χ0v) is 6.17. The summed E-state index contributed by atoms with van der Waals surface area (Å²) in [5.74, 6) is -1.59. The maximum Gasteiger partial charge on any atom is 0.392 e. The first-order chi connectivity index (χ1) is 4.34. The summed E-state index contributed by atoms with van der Waals surface area (Å²) in [6.45, 7) is 0.953. The van der Waals surface area contributed by atoms with Crippen molar-refractivity contribution in [2.75, 3.05) is 0 Å².